The molecule has 19 heavy (non-hydrogen) atoms. The first-order valence-corrected chi connectivity index (χ1v) is 6.75. The Balaban J connectivity index is 1.75. The van der Waals surface area contributed by atoms with E-state index in [-0.39, 0.29) is 30.0 Å². The van der Waals surface area contributed by atoms with E-state index in [9.17, 15) is 4.79 Å². The second kappa shape index (κ2) is 4.91. The molecule has 1 saturated heterocycles. The van der Waals surface area contributed by atoms with Gasteiger partial charge in [0.2, 0.25) is 0 Å². The van der Waals surface area contributed by atoms with Crippen molar-refractivity contribution in [1.82, 2.24) is 0 Å². The fourth-order valence-electron chi connectivity index (χ4n) is 2.70. The normalized spacial score (nSPS) is 34.5. The Hall–Kier alpha value is -1.45. The number of carbonyl (C=O) groups is 1. The standard InChI is InChI=1S/C16H18O3/c1-10-13-8-9-14(19-13)16(15(10)17)18-11(2)12-6-4-3-5-7-12/h3-11,13-14,16H,1-2H3/t10-,11?,13+,14-,16+/m1/s1. The highest BCUT2D eigenvalue weighted by Crippen LogP contribution is 2.33. The molecule has 100 valence electrons. The molecule has 0 saturated carbocycles. The molecule has 0 amide bonds. The Kier molecular flexibility index (Phi) is 3.25. The summed E-state index contributed by atoms with van der Waals surface area (Å²) < 4.78 is 11.7. The van der Waals surface area contributed by atoms with Crippen LogP contribution in [0.3, 0.4) is 0 Å². The number of Topliss-reactive ketones (excluding diaryl/α,β-unsaturated/α-hetero) is 1. The molecule has 1 unspecified atom stereocenters. The SMILES string of the molecule is CC(O[C@@H]1C(=O)[C@H](C)[C@@H]2C=C[C@H]1O2)c1ccccc1. The van der Waals surface area contributed by atoms with Gasteiger partial charge >= 0.3 is 0 Å². The first-order valence-electron chi connectivity index (χ1n) is 6.75. The van der Waals surface area contributed by atoms with Gasteiger partial charge in [0, 0.05) is 5.92 Å². The van der Waals surface area contributed by atoms with E-state index in [0.717, 1.165) is 5.56 Å². The van der Waals surface area contributed by atoms with Crippen LogP contribution in [0.25, 0.3) is 0 Å². The Bertz CT molecular complexity index is 494. The zero-order valence-corrected chi connectivity index (χ0v) is 11.2. The van der Waals surface area contributed by atoms with Crippen LogP contribution in [-0.4, -0.2) is 24.1 Å². The number of benzene rings is 1. The summed E-state index contributed by atoms with van der Waals surface area (Å²) in [6.07, 6.45) is 3.04. The Morgan fingerprint density at radius 2 is 1.84 bits per heavy atom. The van der Waals surface area contributed by atoms with E-state index in [2.05, 4.69) is 0 Å². The van der Waals surface area contributed by atoms with Crippen LogP contribution in [0.4, 0.5) is 0 Å². The monoisotopic (exact) mass is 258 g/mol. The molecule has 1 aromatic rings. The number of carbonyl (C=O) groups excluding carboxylic acids is 1. The minimum Gasteiger partial charge on any atom is -0.363 e. The van der Waals surface area contributed by atoms with Crippen LogP contribution in [0.5, 0.6) is 0 Å². The molecule has 3 nitrogen and oxygen atoms in total. The summed E-state index contributed by atoms with van der Waals surface area (Å²) in [4.78, 5) is 12.3. The van der Waals surface area contributed by atoms with Gasteiger partial charge in [0.25, 0.3) is 0 Å². The molecule has 1 aromatic carbocycles. The van der Waals surface area contributed by atoms with Crippen LogP contribution < -0.4 is 0 Å². The third-order valence-electron chi connectivity index (χ3n) is 3.94. The van der Waals surface area contributed by atoms with Gasteiger partial charge in [-0.15, -0.1) is 0 Å². The predicted octanol–water partition coefficient (Wildman–Crippen LogP) is 2.68. The zero-order valence-electron chi connectivity index (χ0n) is 11.2. The predicted molar refractivity (Wildman–Crippen MR) is 71.7 cm³/mol. The largest absolute Gasteiger partial charge is 0.363 e. The first kappa shape index (κ1) is 12.6. The lowest BCUT2D eigenvalue weighted by Gasteiger charge is -2.34. The molecule has 0 N–H and O–H groups in total. The van der Waals surface area contributed by atoms with Gasteiger partial charge in [0.15, 0.2) is 5.78 Å². The van der Waals surface area contributed by atoms with Crippen LogP contribution in [0.1, 0.15) is 25.5 Å². The molecule has 0 radical (unpaired) electrons. The lowest BCUT2D eigenvalue weighted by Crippen LogP contribution is -2.48. The molecule has 2 heterocycles. The molecule has 2 aliphatic rings. The van der Waals surface area contributed by atoms with E-state index in [1.165, 1.54) is 0 Å². The van der Waals surface area contributed by atoms with Crippen LogP contribution in [0.15, 0.2) is 42.5 Å². The third kappa shape index (κ3) is 2.24. The summed E-state index contributed by atoms with van der Waals surface area (Å²) in [6, 6.07) is 9.94. The van der Waals surface area contributed by atoms with E-state index in [4.69, 9.17) is 9.47 Å². The van der Waals surface area contributed by atoms with Crippen molar-refractivity contribution in [2.45, 2.75) is 38.3 Å². The molecular formula is C16H18O3. The number of ether oxygens (including phenoxy) is 2. The molecule has 3 rings (SSSR count). The summed E-state index contributed by atoms with van der Waals surface area (Å²) in [6.45, 7) is 3.88. The maximum absolute atomic E-state index is 12.3. The van der Waals surface area contributed by atoms with Gasteiger partial charge < -0.3 is 9.47 Å². The maximum Gasteiger partial charge on any atom is 0.170 e. The molecule has 2 bridgehead atoms. The molecular weight excluding hydrogens is 240 g/mol. The lowest BCUT2D eigenvalue weighted by molar-refractivity contribution is -0.167. The van der Waals surface area contributed by atoms with Crippen molar-refractivity contribution >= 4 is 5.78 Å². The number of ketones is 1. The number of hydrogen-bond acceptors (Lipinski definition) is 3. The highest BCUT2D eigenvalue weighted by atomic mass is 16.6. The molecule has 2 aliphatic heterocycles. The van der Waals surface area contributed by atoms with Gasteiger partial charge in [0.1, 0.15) is 12.2 Å². The Morgan fingerprint density at radius 3 is 2.58 bits per heavy atom. The number of hydrogen-bond donors (Lipinski definition) is 0. The molecule has 0 aromatic heterocycles. The topological polar surface area (TPSA) is 35.5 Å². The van der Waals surface area contributed by atoms with Crippen LogP contribution in [0.2, 0.25) is 0 Å². The summed E-state index contributed by atoms with van der Waals surface area (Å²) in [7, 11) is 0. The maximum atomic E-state index is 12.3. The number of fused-ring (bicyclic) bond motifs is 2. The smallest absolute Gasteiger partial charge is 0.170 e. The minimum absolute atomic E-state index is 0.0654. The van der Waals surface area contributed by atoms with E-state index < -0.39 is 6.10 Å². The van der Waals surface area contributed by atoms with Crippen molar-refractivity contribution < 1.29 is 14.3 Å². The fraction of sp³-hybridized carbons (Fsp3) is 0.438. The first-order chi connectivity index (χ1) is 9.16. The van der Waals surface area contributed by atoms with Crippen molar-refractivity contribution in [3.63, 3.8) is 0 Å². The minimum atomic E-state index is -0.486. The van der Waals surface area contributed by atoms with Crippen molar-refractivity contribution in [3.8, 4) is 0 Å². The summed E-state index contributed by atoms with van der Waals surface area (Å²) in [5, 5.41) is 0. The van der Waals surface area contributed by atoms with Gasteiger partial charge in [-0.25, -0.2) is 0 Å². The zero-order chi connectivity index (χ0) is 13.4. The molecule has 5 atom stereocenters. The molecule has 3 heteroatoms. The Labute approximate surface area is 113 Å². The van der Waals surface area contributed by atoms with E-state index in [1.807, 2.05) is 56.3 Å². The van der Waals surface area contributed by atoms with E-state index >= 15 is 0 Å². The van der Waals surface area contributed by atoms with Gasteiger partial charge in [-0.2, -0.15) is 0 Å². The molecule has 1 fully saturated rings. The molecule has 0 spiro atoms. The van der Waals surface area contributed by atoms with Crippen molar-refractivity contribution in [2.75, 3.05) is 0 Å². The van der Waals surface area contributed by atoms with E-state index in [0.29, 0.717) is 0 Å². The van der Waals surface area contributed by atoms with Crippen molar-refractivity contribution in [1.29, 1.82) is 0 Å². The fourth-order valence-corrected chi connectivity index (χ4v) is 2.70. The third-order valence-corrected chi connectivity index (χ3v) is 3.94. The summed E-state index contributed by atoms with van der Waals surface area (Å²) in [5.41, 5.74) is 1.08. The number of rotatable bonds is 3. The highest BCUT2D eigenvalue weighted by Gasteiger charge is 2.45. The molecule has 0 aliphatic carbocycles. The average Bonchev–Trinajstić information content (AvgIpc) is 2.89. The Morgan fingerprint density at radius 1 is 1.16 bits per heavy atom. The van der Waals surface area contributed by atoms with Crippen LogP contribution in [0, 0.1) is 5.92 Å². The van der Waals surface area contributed by atoms with Gasteiger partial charge in [0.05, 0.1) is 12.2 Å². The van der Waals surface area contributed by atoms with Crippen LogP contribution >= 0.6 is 0 Å². The second-order valence-electron chi connectivity index (χ2n) is 5.25. The van der Waals surface area contributed by atoms with E-state index in [1.54, 1.807) is 0 Å². The van der Waals surface area contributed by atoms with Crippen molar-refractivity contribution in [2.24, 2.45) is 5.92 Å². The van der Waals surface area contributed by atoms with Gasteiger partial charge in [-0.3, -0.25) is 4.79 Å². The van der Waals surface area contributed by atoms with Gasteiger partial charge in [-0.1, -0.05) is 49.4 Å². The summed E-state index contributed by atoms with van der Waals surface area (Å²) >= 11 is 0. The summed E-state index contributed by atoms with van der Waals surface area (Å²) in [5.74, 6) is 0.0250. The average molecular weight is 258 g/mol. The van der Waals surface area contributed by atoms with Crippen LogP contribution in [-0.2, 0) is 14.3 Å². The van der Waals surface area contributed by atoms with Gasteiger partial charge in [-0.05, 0) is 12.5 Å². The second-order valence-corrected chi connectivity index (χ2v) is 5.25. The lowest BCUT2D eigenvalue weighted by atomic mass is 9.93. The highest BCUT2D eigenvalue weighted by molar-refractivity contribution is 5.88. The quantitative estimate of drug-likeness (QED) is 0.782. The van der Waals surface area contributed by atoms with Crippen molar-refractivity contribution in [3.05, 3.63) is 48.0 Å².